The van der Waals surface area contributed by atoms with Crippen molar-refractivity contribution < 1.29 is 13.9 Å². The Morgan fingerprint density at radius 3 is 2.94 bits per heavy atom. The van der Waals surface area contributed by atoms with Crippen LogP contribution < -0.4 is 4.90 Å². The van der Waals surface area contributed by atoms with Gasteiger partial charge in [-0.15, -0.1) is 0 Å². The number of rotatable bonds is 3. The smallest absolute Gasteiger partial charge is 0.340 e. The first-order valence-electron chi connectivity index (χ1n) is 5.36. The second-order valence-electron chi connectivity index (χ2n) is 3.65. The lowest BCUT2D eigenvalue weighted by Gasteiger charge is -2.09. The molecule has 2 aromatic rings. The highest BCUT2D eigenvalue weighted by atomic mass is 16.5. The Hall–Kier alpha value is -2.04. The highest BCUT2D eigenvalue weighted by molar-refractivity contribution is 6.01. The molecule has 0 aliphatic rings. The molecule has 0 atom stereocenters. The van der Waals surface area contributed by atoms with Crippen molar-refractivity contribution in [3.63, 3.8) is 0 Å². The van der Waals surface area contributed by atoms with Crippen LogP contribution in [0.1, 0.15) is 17.3 Å². The first-order valence-corrected chi connectivity index (χ1v) is 5.36. The molecule has 1 heterocycles. The quantitative estimate of drug-likeness (QED) is 0.761. The van der Waals surface area contributed by atoms with E-state index in [9.17, 15) is 4.79 Å². The molecule has 0 N–H and O–H groups in total. The molecular weight excluding hydrogens is 220 g/mol. The number of nitrogens with zero attached hydrogens (tertiary/aromatic N) is 2. The van der Waals surface area contributed by atoms with Gasteiger partial charge in [0.25, 0.3) is 6.01 Å². The molecule has 5 nitrogen and oxygen atoms in total. The van der Waals surface area contributed by atoms with Gasteiger partial charge in [-0.25, -0.2) is 4.79 Å². The normalized spacial score (nSPS) is 10.5. The fraction of sp³-hybridized carbons (Fsp3) is 0.333. The molecular formula is C12H14N2O3. The number of hydrogen-bond acceptors (Lipinski definition) is 5. The van der Waals surface area contributed by atoms with Gasteiger partial charge in [-0.3, -0.25) is 0 Å². The van der Waals surface area contributed by atoms with Crippen molar-refractivity contribution in [2.45, 2.75) is 6.92 Å². The summed E-state index contributed by atoms with van der Waals surface area (Å²) in [5.74, 6) is -0.408. The van der Waals surface area contributed by atoms with Gasteiger partial charge in [-0.1, -0.05) is 6.07 Å². The van der Waals surface area contributed by atoms with Gasteiger partial charge in [-0.05, 0) is 19.1 Å². The third-order valence-corrected chi connectivity index (χ3v) is 2.61. The third kappa shape index (κ3) is 1.95. The second-order valence-corrected chi connectivity index (χ2v) is 3.65. The van der Waals surface area contributed by atoms with Gasteiger partial charge in [0.2, 0.25) is 0 Å². The molecule has 90 valence electrons. The summed E-state index contributed by atoms with van der Waals surface area (Å²) in [7, 11) is 3.23. The SMILES string of the molecule is CCN(C)c1nc2c(C(=O)OC)cccc2o1. The Morgan fingerprint density at radius 2 is 2.29 bits per heavy atom. The number of carbonyl (C=O) groups is 1. The van der Waals surface area contributed by atoms with Crippen LogP contribution in [0.15, 0.2) is 22.6 Å². The van der Waals surface area contributed by atoms with E-state index in [4.69, 9.17) is 9.15 Å². The maximum atomic E-state index is 11.6. The predicted molar refractivity (Wildman–Crippen MR) is 64.3 cm³/mol. The van der Waals surface area contributed by atoms with E-state index in [2.05, 4.69) is 4.98 Å². The number of para-hydroxylation sites is 1. The van der Waals surface area contributed by atoms with Gasteiger partial charge in [0.1, 0.15) is 5.52 Å². The molecule has 0 amide bonds. The largest absolute Gasteiger partial charge is 0.465 e. The summed E-state index contributed by atoms with van der Waals surface area (Å²) in [6, 6.07) is 5.70. The first-order chi connectivity index (χ1) is 8.17. The Bertz CT molecular complexity index is 548. The van der Waals surface area contributed by atoms with E-state index < -0.39 is 5.97 Å². The number of carbonyl (C=O) groups excluding carboxylic acids is 1. The highest BCUT2D eigenvalue weighted by Crippen LogP contribution is 2.24. The molecule has 2 rings (SSSR count). The first kappa shape index (κ1) is 11.4. The Kier molecular flexibility index (Phi) is 2.99. The van der Waals surface area contributed by atoms with E-state index >= 15 is 0 Å². The monoisotopic (exact) mass is 234 g/mol. The van der Waals surface area contributed by atoms with Crippen LogP contribution in [-0.4, -0.2) is 31.7 Å². The molecule has 0 aliphatic heterocycles. The van der Waals surface area contributed by atoms with Crippen LogP contribution in [0.25, 0.3) is 11.1 Å². The number of oxazole rings is 1. The summed E-state index contributed by atoms with van der Waals surface area (Å²) < 4.78 is 10.3. The zero-order valence-corrected chi connectivity index (χ0v) is 10.1. The minimum absolute atomic E-state index is 0.408. The minimum Gasteiger partial charge on any atom is -0.465 e. The highest BCUT2D eigenvalue weighted by Gasteiger charge is 2.16. The molecule has 5 heteroatoms. The Balaban J connectivity index is 2.56. The van der Waals surface area contributed by atoms with Crippen LogP contribution in [-0.2, 0) is 4.74 Å². The Morgan fingerprint density at radius 1 is 1.53 bits per heavy atom. The maximum absolute atomic E-state index is 11.6. The van der Waals surface area contributed by atoms with Crippen molar-refractivity contribution in [3.05, 3.63) is 23.8 Å². The minimum atomic E-state index is -0.408. The molecule has 17 heavy (non-hydrogen) atoms. The van der Waals surface area contributed by atoms with Crippen LogP contribution >= 0.6 is 0 Å². The molecule has 0 saturated carbocycles. The number of anilines is 1. The summed E-state index contributed by atoms with van der Waals surface area (Å²) in [6.07, 6.45) is 0. The lowest BCUT2D eigenvalue weighted by Crippen LogP contribution is -2.15. The van der Waals surface area contributed by atoms with Gasteiger partial charge >= 0.3 is 5.97 Å². The molecule has 0 fully saturated rings. The predicted octanol–water partition coefficient (Wildman–Crippen LogP) is 2.07. The summed E-state index contributed by atoms with van der Waals surface area (Å²) in [5, 5.41) is 0. The number of ether oxygens (including phenoxy) is 1. The van der Waals surface area contributed by atoms with Gasteiger partial charge in [0, 0.05) is 13.6 Å². The van der Waals surface area contributed by atoms with Crippen LogP contribution in [0.5, 0.6) is 0 Å². The van der Waals surface area contributed by atoms with E-state index in [1.807, 2.05) is 18.9 Å². The molecule has 0 aliphatic carbocycles. The second kappa shape index (κ2) is 4.45. The van der Waals surface area contributed by atoms with Crippen LogP contribution in [0, 0.1) is 0 Å². The average molecular weight is 234 g/mol. The van der Waals surface area contributed by atoms with Gasteiger partial charge in [-0.2, -0.15) is 4.98 Å². The molecule has 0 spiro atoms. The zero-order valence-electron chi connectivity index (χ0n) is 10.1. The van der Waals surface area contributed by atoms with E-state index in [0.717, 1.165) is 6.54 Å². The summed E-state index contributed by atoms with van der Waals surface area (Å²) in [6.45, 7) is 2.77. The van der Waals surface area contributed by atoms with Crippen LogP contribution in [0.2, 0.25) is 0 Å². The fourth-order valence-electron chi connectivity index (χ4n) is 1.51. The third-order valence-electron chi connectivity index (χ3n) is 2.61. The number of esters is 1. The van der Waals surface area contributed by atoms with Crippen LogP contribution in [0.3, 0.4) is 0 Å². The topological polar surface area (TPSA) is 55.6 Å². The number of fused-ring (bicyclic) bond motifs is 1. The molecule has 0 radical (unpaired) electrons. The Labute approximate surface area is 99.0 Å². The molecule has 0 unspecified atom stereocenters. The van der Waals surface area contributed by atoms with Crippen molar-refractivity contribution in [2.24, 2.45) is 0 Å². The number of benzene rings is 1. The number of methoxy groups -OCH3 is 1. The summed E-state index contributed by atoms with van der Waals surface area (Å²) >= 11 is 0. The van der Waals surface area contributed by atoms with Crippen molar-refractivity contribution >= 4 is 23.1 Å². The van der Waals surface area contributed by atoms with Crippen molar-refractivity contribution in [1.29, 1.82) is 0 Å². The fourth-order valence-corrected chi connectivity index (χ4v) is 1.51. The summed E-state index contributed by atoms with van der Waals surface area (Å²) in [5.41, 5.74) is 1.54. The lowest BCUT2D eigenvalue weighted by molar-refractivity contribution is 0.0603. The molecule has 0 saturated heterocycles. The molecule has 0 bridgehead atoms. The van der Waals surface area contributed by atoms with E-state index in [1.165, 1.54) is 7.11 Å². The van der Waals surface area contributed by atoms with Gasteiger partial charge < -0.3 is 14.1 Å². The average Bonchev–Trinajstić information content (AvgIpc) is 2.80. The maximum Gasteiger partial charge on any atom is 0.340 e. The van der Waals surface area contributed by atoms with Crippen molar-refractivity contribution in [2.75, 3.05) is 25.6 Å². The van der Waals surface area contributed by atoms with Crippen molar-refractivity contribution in [3.8, 4) is 0 Å². The lowest BCUT2D eigenvalue weighted by atomic mass is 10.2. The van der Waals surface area contributed by atoms with Gasteiger partial charge in [0.15, 0.2) is 5.58 Å². The molecule has 1 aromatic heterocycles. The van der Waals surface area contributed by atoms with E-state index in [1.54, 1.807) is 18.2 Å². The van der Waals surface area contributed by atoms with Gasteiger partial charge in [0.05, 0.1) is 12.7 Å². The number of aromatic nitrogens is 1. The standard InChI is InChI=1S/C12H14N2O3/c1-4-14(2)12-13-10-8(11(15)16-3)6-5-7-9(10)17-12/h5-7H,4H2,1-3H3. The zero-order chi connectivity index (χ0) is 12.4. The van der Waals surface area contributed by atoms with E-state index in [0.29, 0.717) is 22.7 Å². The van der Waals surface area contributed by atoms with E-state index in [-0.39, 0.29) is 0 Å². The summed E-state index contributed by atoms with van der Waals surface area (Å²) in [4.78, 5) is 17.7. The molecule has 1 aromatic carbocycles. The number of hydrogen-bond donors (Lipinski definition) is 0. The van der Waals surface area contributed by atoms with Crippen molar-refractivity contribution in [1.82, 2.24) is 4.98 Å². The van der Waals surface area contributed by atoms with Crippen LogP contribution in [0.4, 0.5) is 6.01 Å².